The number of anilines is 3. The lowest BCUT2D eigenvalue weighted by Crippen LogP contribution is -2.46. The molecule has 0 bridgehead atoms. The number of nitrogens with zero attached hydrogens (tertiary/aromatic N) is 6. The average Bonchev–Trinajstić information content (AvgIpc) is 3.99. The Hall–Kier alpha value is -5.44. The number of hydrogen-bond donors (Lipinski definition) is 2. The Morgan fingerprint density at radius 1 is 1.00 bits per heavy atom. The molecule has 3 heterocycles. The second-order valence-electron chi connectivity index (χ2n) is 16.7. The summed E-state index contributed by atoms with van der Waals surface area (Å²) in [5.41, 5.74) is 15.7. The Labute approximate surface area is 357 Å². The van der Waals surface area contributed by atoms with E-state index in [2.05, 4.69) is 84.6 Å². The lowest BCUT2D eigenvalue weighted by atomic mass is 10.0. The summed E-state index contributed by atoms with van der Waals surface area (Å²) in [6.45, 7) is 16.1. The fourth-order valence-electron chi connectivity index (χ4n) is 7.44. The molecule has 1 atom stereocenters. The smallest absolute Gasteiger partial charge is 0.407 e. The van der Waals surface area contributed by atoms with Gasteiger partial charge in [-0.15, -0.1) is 21.5 Å². The number of nitrogen functional groups attached to an aromatic ring is 1. The van der Waals surface area contributed by atoms with Crippen LogP contribution in [0.25, 0.3) is 21.7 Å². The van der Waals surface area contributed by atoms with Crippen LogP contribution in [0.3, 0.4) is 0 Å². The van der Waals surface area contributed by atoms with Crippen molar-refractivity contribution < 1.29 is 23.7 Å². The van der Waals surface area contributed by atoms with Gasteiger partial charge in [0.25, 0.3) is 0 Å². The molecular weight excluding hydrogens is 777 g/mol. The average molecular weight is 835 g/mol. The summed E-state index contributed by atoms with van der Waals surface area (Å²) in [7, 11) is 1.60. The van der Waals surface area contributed by atoms with Gasteiger partial charge in [-0.05, 0) is 93.6 Å². The van der Waals surface area contributed by atoms with Gasteiger partial charge in [-0.2, -0.15) is 0 Å². The highest BCUT2D eigenvalue weighted by molar-refractivity contribution is 7.13. The third-order valence-corrected chi connectivity index (χ3v) is 11.6. The number of carbonyl (C=O) groups excluding carboxylic acids is 1. The molecule has 1 aliphatic heterocycles. The summed E-state index contributed by atoms with van der Waals surface area (Å²) >= 11 is 1.65. The monoisotopic (exact) mass is 834 g/mol. The summed E-state index contributed by atoms with van der Waals surface area (Å²) in [5, 5.41) is 11.7. The minimum absolute atomic E-state index is 0.147. The maximum Gasteiger partial charge on any atom is 0.407 e. The van der Waals surface area contributed by atoms with Crippen molar-refractivity contribution in [2.45, 2.75) is 72.2 Å². The first-order valence-corrected chi connectivity index (χ1v) is 21.6. The number of hydrogen-bond acceptors (Lipinski definition) is 13. The standard InChI is InChI=1S/C46H58N8O5S/c1-31(26-54(36-15-16-36)40-23-34(43-32(2)49-29-60-43)13-14-35(40)25-48-45(55)59-46(3,4)5)28-57-37-17-11-33(12-18-37)27-52-19-21-53(22-20-52)41-24-39(50-51-44(41)47)38-9-7-8-10-42(38)58-30-56-6/h7-14,17-18,23-24,29,31,36H,15-16,19-22,25-28,30H2,1-6H3,(H2,47,51)(H,48,55). The quantitative estimate of drug-likeness (QED) is 0.0874. The Kier molecular flexibility index (Phi) is 13.7. The molecule has 1 saturated heterocycles. The highest BCUT2D eigenvalue weighted by atomic mass is 32.1. The number of benzene rings is 3. The topological polar surface area (TPSA) is 140 Å². The van der Waals surface area contributed by atoms with E-state index in [0.717, 1.165) is 96.5 Å². The highest BCUT2D eigenvalue weighted by Crippen LogP contribution is 2.39. The molecule has 14 heteroatoms. The molecule has 2 aliphatic rings. The number of rotatable bonds is 17. The number of nitrogens with two attached hydrogens (primary N) is 1. The van der Waals surface area contributed by atoms with E-state index in [1.54, 1.807) is 18.4 Å². The van der Waals surface area contributed by atoms with Gasteiger partial charge in [0.1, 0.15) is 17.1 Å². The lowest BCUT2D eigenvalue weighted by Gasteiger charge is -2.36. The first-order valence-electron chi connectivity index (χ1n) is 20.7. The van der Waals surface area contributed by atoms with Crippen molar-refractivity contribution in [1.82, 2.24) is 25.4 Å². The Balaban J connectivity index is 0.934. The van der Waals surface area contributed by atoms with Crippen LogP contribution in [0.15, 0.2) is 78.3 Å². The molecule has 60 heavy (non-hydrogen) atoms. The normalized spacial score (nSPS) is 15.1. The summed E-state index contributed by atoms with van der Waals surface area (Å²) in [6.07, 6.45) is 1.86. The summed E-state index contributed by atoms with van der Waals surface area (Å²) in [6, 6.07) is 25.2. The predicted molar refractivity (Wildman–Crippen MR) is 239 cm³/mol. The lowest BCUT2D eigenvalue weighted by molar-refractivity contribution is 0.0513. The minimum atomic E-state index is -0.566. The number of methoxy groups -OCH3 is 1. The summed E-state index contributed by atoms with van der Waals surface area (Å²) < 4.78 is 22.8. The van der Waals surface area contributed by atoms with Crippen LogP contribution >= 0.6 is 11.3 Å². The number of nitrogens with one attached hydrogen (secondary N) is 1. The van der Waals surface area contributed by atoms with E-state index >= 15 is 0 Å². The van der Waals surface area contributed by atoms with E-state index in [1.165, 1.54) is 5.56 Å². The summed E-state index contributed by atoms with van der Waals surface area (Å²) in [4.78, 5) is 25.6. The van der Waals surface area contributed by atoms with Gasteiger partial charge in [-0.3, -0.25) is 4.90 Å². The van der Waals surface area contributed by atoms with Gasteiger partial charge < -0.3 is 39.8 Å². The van der Waals surface area contributed by atoms with Gasteiger partial charge in [0.2, 0.25) is 0 Å². The van der Waals surface area contributed by atoms with E-state index < -0.39 is 11.7 Å². The second kappa shape index (κ2) is 19.3. The van der Waals surface area contributed by atoms with Crippen LogP contribution in [0.1, 0.15) is 57.4 Å². The maximum absolute atomic E-state index is 12.6. The van der Waals surface area contributed by atoms with Crippen LogP contribution in [-0.2, 0) is 22.6 Å². The van der Waals surface area contributed by atoms with Crippen LogP contribution in [0, 0.1) is 12.8 Å². The molecule has 1 saturated carbocycles. The largest absolute Gasteiger partial charge is 0.493 e. The number of para-hydroxylation sites is 1. The molecular formula is C46H58N8O5S. The van der Waals surface area contributed by atoms with E-state index in [9.17, 15) is 4.79 Å². The fourth-order valence-corrected chi connectivity index (χ4v) is 8.24. The van der Waals surface area contributed by atoms with Crippen LogP contribution in [0.4, 0.5) is 22.0 Å². The number of piperazine rings is 1. The molecule has 1 aliphatic carbocycles. The Morgan fingerprint density at radius 3 is 2.47 bits per heavy atom. The molecule has 318 valence electrons. The van der Waals surface area contributed by atoms with Gasteiger partial charge >= 0.3 is 6.09 Å². The molecule has 3 aromatic carbocycles. The highest BCUT2D eigenvalue weighted by Gasteiger charge is 2.32. The Bertz CT molecular complexity index is 2200. The van der Waals surface area contributed by atoms with Crippen LogP contribution in [0.2, 0.25) is 0 Å². The minimum Gasteiger partial charge on any atom is -0.493 e. The van der Waals surface area contributed by atoms with Gasteiger partial charge in [0.15, 0.2) is 12.6 Å². The second-order valence-corrected chi connectivity index (χ2v) is 17.6. The fraction of sp³-hybridized carbons (Fsp3) is 0.435. The Morgan fingerprint density at radius 2 is 1.77 bits per heavy atom. The molecule has 0 spiro atoms. The number of ether oxygens (including phenoxy) is 4. The number of alkyl carbamates (subject to hydrolysis) is 1. The zero-order valence-electron chi connectivity index (χ0n) is 35.6. The number of aromatic nitrogens is 3. The molecule has 0 radical (unpaired) electrons. The van der Waals surface area contributed by atoms with Crippen LogP contribution in [0.5, 0.6) is 11.5 Å². The molecule has 3 N–H and O–H groups in total. The molecule has 13 nitrogen and oxygen atoms in total. The molecule has 1 amide bonds. The van der Waals surface area contributed by atoms with Crippen LogP contribution < -0.4 is 30.3 Å². The van der Waals surface area contributed by atoms with E-state index in [0.29, 0.717) is 36.5 Å². The van der Waals surface area contributed by atoms with Crippen molar-refractivity contribution in [1.29, 1.82) is 0 Å². The zero-order chi connectivity index (χ0) is 42.2. The van der Waals surface area contributed by atoms with Crippen molar-refractivity contribution >= 4 is 34.6 Å². The molecule has 1 unspecified atom stereocenters. The number of aryl methyl sites for hydroxylation is 1. The summed E-state index contributed by atoms with van der Waals surface area (Å²) in [5.74, 6) is 2.22. The van der Waals surface area contributed by atoms with Gasteiger partial charge in [-0.1, -0.05) is 43.3 Å². The number of thiazole rings is 1. The van der Waals surface area contributed by atoms with E-state index in [4.69, 9.17) is 24.7 Å². The SMILES string of the molecule is COCOc1ccccc1-c1cc(N2CCN(Cc3ccc(OCC(C)CN(c4cc(-c5scnc5C)ccc4CNC(=O)OC(C)(C)C)C4CC4)cc3)CC2)c(N)nn1. The van der Waals surface area contributed by atoms with Gasteiger partial charge in [0.05, 0.1) is 34.1 Å². The van der Waals surface area contributed by atoms with Gasteiger partial charge in [-0.25, -0.2) is 9.78 Å². The van der Waals surface area contributed by atoms with Crippen molar-refractivity contribution in [3.63, 3.8) is 0 Å². The molecule has 2 fully saturated rings. The molecule has 5 aromatic rings. The van der Waals surface area contributed by atoms with Crippen molar-refractivity contribution in [3.05, 3.63) is 95.1 Å². The first-order chi connectivity index (χ1) is 28.9. The molecule has 7 rings (SSSR count). The van der Waals surface area contributed by atoms with E-state index in [-0.39, 0.29) is 12.7 Å². The van der Waals surface area contributed by atoms with Crippen LogP contribution in [-0.4, -0.2) is 91.1 Å². The number of amides is 1. The zero-order valence-corrected chi connectivity index (χ0v) is 36.5. The maximum atomic E-state index is 12.6. The van der Waals surface area contributed by atoms with Crippen molar-refractivity contribution in [3.8, 4) is 33.2 Å². The number of carbonyl (C=O) groups is 1. The third-order valence-electron chi connectivity index (χ3n) is 10.6. The first kappa shape index (κ1) is 42.7. The van der Waals surface area contributed by atoms with E-state index in [1.807, 2.05) is 63.5 Å². The predicted octanol–water partition coefficient (Wildman–Crippen LogP) is 8.17. The van der Waals surface area contributed by atoms with Crippen molar-refractivity contribution in [2.75, 3.05) is 68.8 Å². The molecule has 2 aromatic heterocycles. The third kappa shape index (κ3) is 11.2. The van der Waals surface area contributed by atoms with Gasteiger partial charge in [0, 0.05) is 76.1 Å². The van der Waals surface area contributed by atoms with Crippen molar-refractivity contribution in [2.24, 2.45) is 5.92 Å².